The molecular weight excluding hydrogens is 268 g/mol. The molecular formula is C16H30N2O3. The summed E-state index contributed by atoms with van der Waals surface area (Å²) in [4.78, 5) is 23.6. The van der Waals surface area contributed by atoms with Gasteiger partial charge in [0.1, 0.15) is 0 Å². The first-order valence-electron chi connectivity index (χ1n) is 7.83. The number of nitrogens with two attached hydrogens (primary N) is 1. The molecule has 1 aliphatic rings. The Hall–Kier alpha value is -1.10. The third-order valence-electron chi connectivity index (χ3n) is 4.35. The molecule has 1 fully saturated rings. The number of carboxylic acid groups (broad SMARTS) is 1. The standard InChI is InChI=1S/C16H30N2O3/c1-15(2,3)10-11(17)9-13(19)18-12-7-5-6-8-16(12,4)14(20)21/h11-12H,5-10,17H2,1-4H3,(H,18,19)(H,20,21). The molecule has 0 aromatic carbocycles. The van der Waals surface area contributed by atoms with Crippen LogP contribution in [0.4, 0.5) is 0 Å². The van der Waals surface area contributed by atoms with E-state index in [9.17, 15) is 14.7 Å². The Morgan fingerprint density at radius 1 is 1.38 bits per heavy atom. The molecule has 1 rings (SSSR count). The van der Waals surface area contributed by atoms with Crippen molar-refractivity contribution in [2.45, 2.75) is 78.3 Å². The molecule has 0 radical (unpaired) electrons. The lowest BCUT2D eigenvalue weighted by atomic mass is 9.71. The van der Waals surface area contributed by atoms with Crippen molar-refractivity contribution < 1.29 is 14.7 Å². The minimum atomic E-state index is -0.859. The minimum Gasteiger partial charge on any atom is -0.481 e. The lowest BCUT2D eigenvalue weighted by Crippen LogP contribution is -2.52. The zero-order valence-corrected chi connectivity index (χ0v) is 13.7. The van der Waals surface area contributed by atoms with Gasteiger partial charge in [0.25, 0.3) is 0 Å². The number of hydrogen-bond donors (Lipinski definition) is 3. The van der Waals surface area contributed by atoms with Crippen LogP contribution in [0.1, 0.15) is 66.2 Å². The Labute approximate surface area is 127 Å². The first kappa shape index (κ1) is 18.0. The molecule has 0 heterocycles. The zero-order chi connectivity index (χ0) is 16.3. The van der Waals surface area contributed by atoms with Crippen LogP contribution in [0.5, 0.6) is 0 Å². The minimum absolute atomic E-state index is 0.0834. The van der Waals surface area contributed by atoms with Crippen molar-refractivity contribution in [1.29, 1.82) is 0 Å². The number of aliphatic carboxylic acids is 1. The first-order valence-corrected chi connectivity index (χ1v) is 7.83. The van der Waals surface area contributed by atoms with Gasteiger partial charge < -0.3 is 16.2 Å². The summed E-state index contributed by atoms with van der Waals surface area (Å²) in [7, 11) is 0. The Bertz CT molecular complexity index is 389. The zero-order valence-electron chi connectivity index (χ0n) is 13.7. The van der Waals surface area contributed by atoms with E-state index in [2.05, 4.69) is 26.1 Å². The van der Waals surface area contributed by atoms with Crippen molar-refractivity contribution in [2.24, 2.45) is 16.6 Å². The van der Waals surface area contributed by atoms with Gasteiger partial charge >= 0.3 is 5.97 Å². The van der Waals surface area contributed by atoms with E-state index in [1.54, 1.807) is 6.92 Å². The summed E-state index contributed by atoms with van der Waals surface area (Å²) in [6, 6.07) is -0.484. The van der Waals surface area contributed by atoms with Crippen molar-refractivity contribution in [3.8, 4) is 0 Å². The average Bonchev–Trinajstić information content (AvgIpc) is 2.29. The van der Waals surface area contributed by atoms with Gasteiger partial charge in [-0.1, -0.05) is 33.6 Å². The molecule has 0 aromatic rings. The lowest BCUT2D eigenvalue weighted by molar-refractivity contribution is -0.152. The second-order valence-electron chi connectivity index (χ2n) is 7.82. The molecule has 0 aromatic heterocycles. The van der Waals surface area contributed by atoms with E-state index in [0.29, 0.717) is 6.42 Å². The van der Waals surface area contributed by atoms with Crippen LogP contribution in [0, 0.1) is 10.8 Å². The van der Waals surface area contributed by atoms with Crippen LogP contribution in [-0.2, 0) is 9.59 Å². The van der Waals surface area contributed by atoms with Gasteiger partial charge in [0, 0.05) is 18.5 Å². The van der Waals surface area contributed by atoms with Crippen molar-refractivity contribution >= 4 is 11.9 Å². The van der Waals surface area contributed by atoms with Crippen LogP contribution < -0.4 is 11.1 Å². The van der Waals surface area contributed by atoms with E-state index < -0.39 is 11.4 Å². The molecule has 3 unspecified atom stereocenters. The number of carboxylic acids is 1. The van der Waals surface area contributed by atoms with Crippen LogP contribution in [-0.4, -0.2) is 29.1 Å². The highest BCUT2D eigenvalue weighted by atomic mass is 16.4. The van der Waals surface area contributed by atoms with Gasteiger partial charge in [-0.25, -0.2) is 0 Å². The topological polar surface area (TPSA) is 92.4 Å². The van der Waals surface area contributed by atoms with Gasteiger partial charge in [-0.05, 0) is 31.6 Å². The number of amides is 1. The Kier molecular flexibility index (Phi) is 5.79. The Balaban J connectivity index is 2.58. The van der Waals surface area contributed by atoms with Crippen molar-refractivity contribution in [3.63, 3.8) is 0 Å². The predicted octanol–water partition coefficient (Wildman–Crippen LogP) is 2.29. The molecule has 3 atom stereocenters. The summed E-state index contributed by atoms with van der Waals surface area (Å²) >= 11 is 0. The molecule has 1 saturated carbocycles. The summed E-state index contributed by atoms with van der Waals surface area (Å²) in [5, 5.41) is 12.3. The number of hydrogen-bond acceptors (Lipinski definition) is 3. The van der Waals surface area contributed by atoms with Gasteiger partial charge in [-0.2, -0.15) is 0 Å². The van der Waals surface area contributed by atoms with E-state index in [0.717, 1.165) is 25.7 Å². The lowest BCUT2D eigenvalue weighted by Gasteiger charge is -2.38. The predicted molar refractivity (Wildman–Crippen MR) is 82.8 cm³/mol. The van der Waals surface area contributed by atoms with E-state index >= 15 is 0 Å². The fraction of sp³-hybridized carbons (Fsp3) is 0.875. The molecule has 122 valence electrons. The summed E-state index contributed by atoms with van der Waals surface area (Å²) < 4.78 is 0. The number of carbonyl (C=O) groups excluding carboxylic acids is 1. The molecule has 0 spiro atoms. The molecule has 1 aliphatic carbocycles. The van der Waals surface area contributed by atoms with Crippen LogP contribution in [0.3, 0.4) is 0 Å². The second-order valence-corrected chi connectivity index (χ2v) is 7.82. The summed E-state index contributed by atoms with van der Waals surface area (Å²) in [5.41, 5.74) is 5.24. The highest BCUT2D eigenvalue weighted by Gasteiger charge is 2.43. The maximum atomic E-state index is 12.1. The normalized spacial score (nSPS) is 28.0. The molecule has 5 heteroatoms. The smallest absolute Gasteiger partial charge is 0.311 e. The van der Waals surface area contributed by atoms with Crippen LogP contribution >= 0.6 is 0 Å². The van der Waals surface area contributed by atoms with Gasteiger partial charge in [0.15, 0.2) is 0 Å². The Morgan fingerprint density at radius 2 is 2.00 bits per heavy atom. The van der Waals surface area contributed by atoms with Gasteiger partial charge in [0.2, 0.25) is 5.91 Å². The van der Waals surface area contributed by atoms with Gasteiger partial charge in [-0.3, -0.25) is 9.59 Å². The molecule has 4 N–H and O–H groups in total. The quantitative estimate of drug-likeness (QED) is 0.726. The highest BCUT2D eigenvalue weighted by molar-refractivity contribution is 5.80. The second kappa shape index (κ2) is 6.77. The highest BCUT2D eigenvalue weighted by Crippen LogP contribution is 2.36. The van der Waals surface area contributed by atoms with Crippen molar-refractivity contribution in [3.05, 3.63) is 0 Å². The summed E-state index contributed by atoms with van der Waals surface area (Å²) in [6.07, 6.45) is 4.22. The molecule has 21 heavy (non-hydrogen) atoms. The Morgan fingerprint density at radius 3 is 2.52 bits per heavy atom. The fourth-order valence-corrected chi connectivity index (χ4v) is 3.17. The van der Waals surface area contributed by atoms with Crippen LogP contribution in [0.2, 0.25) is 0 Å². The fourth-order valence-electron chi connectivity index (χ4n) is 3.17. The third kappa shape index (κ3) is 5.30. The molecule has 0 bridgehead atoms. The maximum absolute atomic E-state index is 12.1. The number of carbonyl (C=O) groups is 2. The van der Waals surface area contributed by atoms with Crippen molar-refractivity contribution in [2.75, 3.05) is 0 Å². The number of nitrogens with one attached hydrogen (secondary N) is 1. The van der Waals surface area contributed by atoms with E-state index in [1.807, 2.05) is 0 Å². The largest absolute Gasteiger partial charge is 0.481 e. The SMILES string of the molecule is CC(C)(C)CC(N)CC(=O)NC1CCCCC1(C)C(=O)O. The van der Waals surface area contributed by atoms with Gasteiger partial charge in [-0.15, -0.1) is 0 Å². The van der Waals surface area contributed by atoms with E-state index in [4.69, 9.17) is 5.73 Å². The summed E-state index contributed by atoms with van der Waals surface area (Å²) in [5.74, 6) is -0.961. The molecule has 5 nitrogen and oxygen atoms in total. The molecule has 1 amide bonds. The van der Waals surface area contributed by atoms with Crippen molar-refractivity contribution in [1.82, 2.24) is 5.32 Å². The van der Waals surface area contributed by atoms with Crippen LogP contribution in [0.25, 0.3) is 0 Å². The average molecular weight is 298 g/mol. The first-order chi connectivity index (χ1) is 9.54. The molecule has 0 aliphatic heterocycles. The molecule has 0 saturated heterocycles. The van der Waals surface area contributed by atoms with Gasteiger partial charge in [0.05, 0.1) is 5.41 Å². The van der Waals surface area contributed by atoms with Crippen LogP contribution in [0.15, 0.2) is 0 Å². The van der Waals surface area contributed by atoms with E-state index in [-0.39, 0.29) is 29.8 Å². The number of rotatable bonds is 5. The third-order valence-corrected chi connectivity index (χ3v) is 4.35. The monoisotopic (exact) mass is 298 g/mol. The van der Waals surface area contributed by atoms with E-state index in [1.165, 1.54) is 0 Å². The summed E-state index contributed by atoms with van der Waals surface area (Å²) in [6.45, 7) is 8.00. The maximum Gasteiger partial charge on any atom is 0.311 e.